The lowest BCUT2D eigenvalue weighted by atomic mass is 10.2. The topological polar surface area (TPSA) is 58.6 Å². The van der Waals surface area contributed by atoms with Gasteiger partial charge in [-0.15, -0.1) is 0 Å². The summed E-state index contributed by atoms with van der Waals surface area (Å²) >= 11 is 0. The summed E-state index contributed by atoms with van der Waals surface area (Å²) in [7, 11) is 0. The number of nitrogens with zero attached hydrogens (tertiary/aromatic N) is 1. The molecule has 0 saturated carbocycles. The van der Waals surface area contributed by atoms with E-state index in [1.54, 1.807) is 4.90 Å². The predicted molar refractivity (Wildman–Crippen MR) is 80.5 cm³/mol. The molecule has 1 fully saturated rings. The van der Waals surface area contributed by atoms with Crippen LogP contribution in [-0.2, 0) is 4.79 Å². The number of amides is 2. The maximum absolute atomic E-state index is 12.2. The Morgan fingerprint density at radius 2 is 1.87 bits per heavy atom. The lowest BCUT2D eigenvalue weighted by Gasteiger charge is -2.20. The standard InChI is InChI=1S/C16H20F2N2O3/c17-16(18)23-13-7-5-6-12(10-13)15(22)19-11-14(21)20-8-3-1-2-4-9-20/h5-7,10,16H,1-4,8-9,11H2,(H,19,22). The van der Waals surface area contributed by atoms with Crippen molar-refractivity contribution in [2.75, 3.05) is 19.6 Å². The number of halogens is 2. The lowest BCUT2D eigenvalue weighted by molar-refractivity contribution is -0.130. The van der Waals surface area contributed by atoms with Crippen molar-refractivity contribution < 1.29 is 23.1 Å². The predicted octanol–water partition coefficient (Wildman–Crippen LogP) is 2.42. The van der Waals surface area contributed by atoms with Gasteiger partial charge in [-0.3, -0.25) is 9.59 Å². The summed E-state index contributed by atoms with van der Waals surface area (Å²) in [4.78, 5) is 25.9. The SMILES string of the molecule is O=C(NCC(=O)N1CCCCCC1)c1cccc(OC(F)F)c1. The molecule has 1 N–H and O–H groups in total. The van der Waals surface area contributed by atoms with Crippen molar-refractivity contribution in [1.82, 2.24) is 10.2 Å². The molecule has 126 valence electrons. The molecule has 1 aliphatic heterocycles. The Balaban J connectivity index is 1.87. The molecule has 23 heavy (non-hydrogen) atoms. The Morgan fingerprint density at radius 1 is 1.17 bits per heavy atom. The van der Waals surface area contributed by atoms with Gasteiger partial charge in [0.05, 0.1) is 6.54 Å². The van der Waals surface area contributed by atoms with Crippen LogP contribution in [0.3, 0.4) is 0 Å². The van der Waals surface area contributed by atoms with Crippen molar-refractivity contribution in [3.63, 3.8) is 0 Å². The molecule has 1 aromatic carbocycles. The molecule has 2 rings (SSSR count). The molecule has 7 heteroatoms. The minimum absolute atomic E-state index is 0.0912. The third-order valence-corrected chi connectivity index (χ3v) is 3.68. The molecule has 0 aliphatic carbocycles. The number of hydrogen-bond acceptors (Lipinski definition) is 3. The van der Waals surface area contributed by atoms with Gasteiger partial charge in [-0.1, -0.05) is 18.9 Å². The van der Waals surface area contributed by atoms with Crippen LogP contribution in [0.4, 0.5) is 8.78 Å². The maximum atomic E-state index is 12.2. The smallest absolute Gasteiger partial charge is 0.387 e. The number of hydrogen-bond donors (Lipinski definition) is 1. The van der Waals surface area contributed by atoms with E-state index in [1.165, 1.54) is 24.3 Å². The fourth-order valence-electron chi connectivity index (χ4n) is 2.50. The highest BCUT2D eigenvalue weighted by molar-refractivity contribution is 5.96. The average Bonchev–Trinajstić information content (AvgIpc) is 2.81. The zero-order chi connectivity index (χ0) is 16.7. The van der Waals surface area contributed by atoms with Crippen LogP contribution in [0, 0.1) is 0 Å². The zero-order valence-corrected chi connectivity index (χ0v) is 12.8. The normalized spacial score (nSPS) is 15.2. The van der Waals surface area contributed by atoms with Gasteiger partial charge in [0.2, 0.25) is 5.91 Å². The quantitative estimate of drug-likeness (QED) is 0.904. The molecule has 2 amide bonds. The number of benzene rings is 1. The van der Waals surface area contributed by atoms with Crippen LogP contribution in [0.1, 0.15) is 36.0 Å². The van der Waals surface area contributed by atoms with Gasteiger partial charge in [-0.2, -0.15) is 8.78 Å². The zero-order valence-electron chi connectivity index (χ0n) is 12.8. The van der Waals surface area contributed by atoms with E-state index < -0.39 is 12.5 Å². The molecule has 0 spiro atoms. The van der Waals surface area contributed by atoms with Crippen LogP contribution in [0.15, 0.2) is 24.3 Å². The highest BCUT2D eigenvalue weighted by Crippen LogP contribution is 2.16. The second-order valence-corrected chi connectivity index (χ2v) is 5.38. The van der Waals surface area contributed by atoms with E-state index in [0.717, 1.165) is 25.7 Å². The van der Waals surface area contributed by atoms with E-state index in [4.69, 9.17) is 0 Å². The number of carbonyl (C=O) groups is 2. The summed E-state index contributed by atoms with van der Waals surface area (Å²) < 4.78 is 28.6. The lowest BCUT2D eigenvalue weighted by Crippen LogP contribution is -2.40. The summed E-state index contributed by atoms with van der Waals surface area (Å²) in [6.45, 7) is -1.62. The van der Waals surface area contributed by atoms with Gasteiger partial charge >= 0.3 is 6.61 Å². The highest BCUT2D eigenvalue weighted by atomic mass is 19.3. The molecule has 1 heterocycles. The molecule has 0 aromatic heterocycles. The van der Waals surface area contributed by atoms with Crippen molar-refractivity contribution in [1.29, 1.82) is 0 Å². The number of nitrogens with one attached hydrogen (secondary N) is 1. The van der Waals surface area contributed by atoms with Gasteiger partial charge in [0.15, 0.2) is 0 Å². The molecule has 1 aromatic rings. The molecule has 0 unspecified atom stereocenters. The van der Waals surface area contributed by atoms with Crippen molar-refractivity contribution in [3.8, 4) is 5.75 Å². The summed E-state index contributed by atoms with van der Waals surface area (Å²) in [5, 5.41) is 2.52. The fourth-order valence-corrected chi connectivity index (χ4v) is 2.50. The highest BCUT2D eigenvalue weighted by Gasteiger charge is 2.17. The number of likely N-dealkylation sites (tertiary alicyclic amines) is 1. The first-order valence-corrected chi connectivity index (χ1v) is 7.67. The van der Waals surface area contributed by atoms with E-state index in [-0.39, 0.29) is 23.8 Å². The van der Waals surface area contributed by atoms with E-state index in [1.807, 2.05) is 0 Å². The van der Waals surface area contributed by atoms with Crippen LogP contribution in [-0.4, -0.2) is 43.0 Å². The van der Waals surface area contributed by atoms with Crippen molar-refractivity contribution >= 4 is 11.8 Å². The average molecular weight is 326 g/mol. The molecular weight excluding hydrogens is 306 g/mol. The van der Waals surface area contributed by atoms with E-state index in [0.29, 0.717) is 13.1 Å². The van der Waals surface area contributed by atoms with Crippen molar-refractivity contribution in [3.05, 3.63) is 29.8 Å². The monoisotopic (exact) mass is 326 g/mol. The molecule has 1 aliphatic rings. The van der Waals surface area contributed by atoms with Crippen LogP contribution in [0.25, 0.3) is 0 Å². The molecule has 5 nitrogen and oxygen atoms in total. The van der Waals surface area contributed by atoms with E-state index >= 15 is 0 Å². The number of rotatable bonds is 5. The van der Waals surface area contributed by atoms with Gasteiger partial charge in [0.1, 0.15) is 5.75 Å². The summed E-state index contributed by atoms with van der Waals surface area (Å²) in [5.41, 5.74) is 0.173. The molecule has 0 radical (unpaired) electrons. The first-order valence-electron chi connectivity index (χ1n) is 7.67. The Bertz CT molecular complexity index is 544. The van der Waals surface area contributed by atoms with Crippen LogP contribution in [0.2, 0.25) is 0 Å². The van der Waals surface area contributed by atoms with Gasteiger partial charge in [-0.25, -0.2) is 0 Å². The summed E-state index contributed by atoms with van der Waals surface area (Å²) in [6, 6.07) is 5.48. The molecule has 1 saturated heterocycles. The molecule has 0 atom stereocenters. The third-order valence-electron chi connectivity index (χ3n) is 3.68. The maximum Gasteiger partial charge on any atom is 0.387 e. The number of alkyl halides is 2. The van der Waals surface area contributed by atoms with Gasteiger partial charge in [0.25, 0.3) is 5.91 Å². The number of carbonyl (C=O) groups excluding carboxylic acids is 2. The molecular formula is C16H20F2N2O3. The Morgan fingerprint density at radius 3 is 2.52 bits per heavy atom. The van der Waals surface area contributed by atoms with Gasteiger partial charge in [-0.05, 0) is 31.0 Å². The number of ether oxygens (including phenoxy) is 1. The minimum atomic E-state index is -2.95. The largest absolute Gasteiger partial charge is 0.435 e. The van der Waals surface area contributed by atoms with Gasteiger partial charge in [0, 0.05) is 18.7 Å². The van der Waals surface area contributed by atoms with Crippen LogP contribution >= 0.6 is 0 Å². The summed E-state index contributed by atoms with van der Waals surface area (Å²) in [6.07, 6.45) is 4.19. The van der Waals surface area contributed by atoms with Crippen LogP contribution < -0.4 is 10.1 Å². The van der Waals surface area contributed by atoms with E-state index in [2.05, 4.69) is 10.1 Å². The fraction of sp³-hybridized carbons (Fsp3) is 0.500. The summed E-state index contributed by atoms with van der Waals surface area (Å²) in [5.74, 6) is -0.709. The second kappa shape index (κ2) is 8.45. The van der Waals surface area contributed by atoms with Crippen molar-refractivity contribution in [2.24, 2.45) is 0 Å². The second-order valence-electron chi connectivity index (χ2n) is 5.38. The Kier molecular flexibility index (Phi) is 6.31. The minimum Gasteiger partial charge on any atom is -0.435 e. The first kappa shape index (κ1) is 17.2. The molecule has 0 bridgehead atoms. The third kappa shape index (κ3) is 5.50. The van der Waals surface area contributed by atoms with Crippen LogP contribution in [0.5, 0.6) is 5.75 Å². The Labute approximate surface area is 133 Å². The van der Waals surface area contributed by atoms with E-state index in [9.17, 15) is 18.4 Å². The Hall–Kier alpha value is -2.18. The van der Waals surface area contributed by atoms with Crippen molar-refractivity contribution in [2.45, 2.75) is 32.3 Å². The van der Waals surface area contributed by atoms with Gasteiger partial charge < -0.3 is 15.0 Å². The first-order chi connectivity index (χ1) is 11.1.